The summed E-state index contributed by atoms with van der Waals surface area (Å²) in [5, 5.41) is 31.0. The molecule has 4 aromatic rings. The molecule has 6 heterocycles. The molecule has 3 atom stereocenters. The van der Waals surface area contributed by atoms with Crippen LogP contribution < -0.4 is 15.5 Å². The van der Waals surface area contributed by atoms with E-state index >= 15 is 0 Å². The number of hydrogen-bond acceptors (Lipinski definition) is 9. The monoisotopic (exact) mass is 513 g/mol. The highest BCUT2D eigenvalue weighted by Gasteiger charge is 2.47. The van der Waals surface area contributed by atoms with Gasteiger partial charge in [0.15, 0.2) is 5.01 Å². The molecule has 1 unspecified atom stereocenters. The van der Waals surface area contributed by atoms with Gasteiger partial charge in [0.05, 0.1) is 34.2 Å². The predicted molar refractivity (Wildman–Crippen MR) is 142 cm³/mol. The molecule has 188 valence electrons. The van der Waals surface area contributed by atoms with Crippen molar-refractivity contribution in [3.05, 3.63) is 42.2 Å². The number of anilines is 2. The van der Waals surface area contributed by atoms with Crippen LogP contribution in [-0.2, 0) is 4.79 Å². The molecule has 2 bridgehead atoms. The number of hydrogen-bond donors (Lipinski definition) is 2. The standard InChI is InChI=1S/C26H27N9OS/c1-14(2)30-21-8-22(23-5-4-19-6-16(9-27)10-29-35(19)23)28-11-20(21)25-32-33-26(37-25)34-12-17-7-18(13-34)24(17)31-15(3)36/h4-6,8,10-11,14,17-18,24H,7,12-13H2,1-3H3,(H,28,30)(H,31,36)/t17-,18+,24?. The molecular formula is C26H27N9OS. The number of aromatic nitrogens is 5. The third kappa shape index (κ3) is 4.27. The molecule has 10 nitrogen and oxygen atoms in total. The zero-order valence-electron chi connectivity index (χ0n) is 20.8. The SMILES string of the molecule is CC(=O)NC1[C@@H]2C[C@H]1CN(c1nnc(-c3cnc(-c4ccc5cc(C#N)cnn45)cc3NC(C)C)s1)C2. The molecule has 2 N–H and O–H groups in total. The average molecular weight is 514 g/mol. The van der Waals surface area contributed by atoms with Gasteiger partial charge < -0.3 is 15.5 Å². The molecule has 3 fully saturated rings. The van der Waals surface area contributed by atoms with Gasteiger partial charge in [-0.15, -0.1) is 10.2 Å². The Morgan fingerprint density at radius 2 is 2.00 bits per heavy atom. The van der Waals surface area contributed by atoms with Crippen molar-refractivity contribution in [1.29, 1.82) is 5.26 Å². The minimum absolute atomic E-state index is 0.0447. The first kappa shape index (κ1) is 23.4. The summed E-state index contributed by atoms with van der Waals surface area (Å²) in [7, 11) is 0. The summed E-state index contributed by atoms with van der Waals surface area (Å²) in [6.45, 7) is 7.54. The van der Waals surface area contributed by atoms with Gasteiger partial charge in [-0.2, -0.15) is 10.4 Å². The van der Waals surface area contributed by atoms with Crippen molar-refractivity contribution < 1.29 is 4.79 Å². The highest BCUT2D eigenvalue weighted by Crippen LogP contribution is 2.43. The molecule has 0 aromatic carbocycles. The minimum Gasteiger partial charge on any atom is -0.382 e. The second-order valence-corrected chi connectivity index (χ2v) is 11.1. The fourth-order valence-electron chi connectivity index (χ4n) is 5.42. The quantitative estimate of drug-likeness (QED) is 0.401. The van der Waals surface area contributed by atoms with E-state index in [1.165, 1.54) is 0 Å². The largest absolute Gasteiger partial charge is 0.382 e. The molecule has 37 heavy (non-hydrogen) atoms. The second-order valence-electron chi connectivity index (χ2n) is 10.1. The number of rotatable bonds is 6. The van der Waals surface area contributed by atoms with Gasteiger partial charge in [0.25, 0.3) is 0 Å². The topological polar surface area (TPSA) is 124 Å². The maximum absolute atomic E-state index is 11.5. The van der Waals surface area contributed by atoms with Crippen LogP contribution in [0.2, 0.25) is 0 Å². The smallest absolute Gasteiger partial charge is 0.217 e. The molecule has 2 saturated heterocycles. The van der Waals surface area contributed by atoms with Gasteiger partial charge in [-0.25, -0.2) is 4.52 Å². The summed E-state index contributed by atoms with van der Waals surface area (Å²) in [6, 6.07) is 10.4. The van der Waals surface area contributed by atoms with Gasteiger partial charge in [-0.1, -0.05) is 11.3 Å². The summed E-state index contributed by atoms with van der Waals surface area (Å²) < 4.78 is 1.79. The number of nitrogens with one attached hydrogen (secondary N) is 2. The van der Waals surface area contributed by atoms with Gasteiger partial charge in [0.1, 0.15) is 6.07 Å². The van der Waals surface area contributed by atoms with E-state index in [1.807, 2.05) is 30.5 Å². The van der Waals surface area contributed by atoms with Crippen LogP contribution in [0.5, 0.6) is 0 Å². The second kappa shape index (κ2) is 9.12. The Kier molecular flexibility index (Phi) is 5.76. The predicted octanol–water partition coefficient (Wildman–Crippen LogP) is 3.57. The van der Waals surface area contributed by atoms with Crippen LogP contribution in [0.15, 0.2) is 36.7 Å². The first-order chi connectivity index (χ1) is 17.9. The van der Waals surface area contributed by atoms with E-state index in [4.69, 9.17) is 4.98 Å². The van der Waals surface area contributed by atoms with E-state index in [1.54, 1.807) is 29.0 Å². The van der Waals surface area contributed by atoms with Crippen LogP contribution in [0.4, 0.5) is 10.8 Å². The molecule has 1 aliphatic carbocycles. The van der Waals surface area contributed by atoms with E-state index in [-0.39, 0.29) is 18.0 Å². The number of nitriles is 1. The molecule has 0 spiro atoms. The first-order valence-electron chi connectivity index (χ1n) is 12.4. The molecule has 3 aliphatic rings. The highest BCUT2D eigenvalue weighted by molar-refractivity contribution is 7.18. The van der Waals surface area contributed by atoms with E-state index in [2.05, 4.69) is 50.7 Å². The Bertz CT molecular complexity index is 1520. The fraction of sp³-hybridized carbons (Fsp3) is 0.385. The molecule has 1 amide bonds. The fourth-order valence-corrected chi connectivity index (χ4v) is 6.30. The molecule has 7 rings (SSSR count). The Morgan fingerprint density at radius 1 is 1.19 bits per heavy atom. The normalized spacial score (nSPS) is 20.5. The zero-order chi connectivity index (χ0) is 25.7. The average Bonchev–Trinajstić information content (AvgIpc) is 3.54. The Labute approximate surface area is 218 Å². The maximum atomic E-state index is 11.5. The number of pyridine rings is 1. The Hall–Kier alpha value is -4.04. The lowest BCUT2D eigenvalue weighted by atomic mass is 9.66. The lowest BCUT2D eigenvalue weighted by Gasteiger charge is -2.53. The van der Waals surface area contributed by atoms with Crippen molar-refractivity contribution in [1.82, 2.24) is 30.1 Å². The number of carbonyl (C=O) groups is 1. The van der Waals surface area contributed by atoms with Crippen molar-refractivity contribution in [2.45, 2.75) is 39.3 Å². The van der Waals surface area contributed by atoms with Gasteiger partial charge in [0.2, 0.25) is 11.0 Å². The van der Waals surface area contributed by atoms with E-state index in [0.717, 1.165) is 57.8 Å². The summed E-state index contributed by atoms with van der Waals surface area (Å²) in [6.07, 6.45) is 4.56. The molecule has 11 heteroatoms. The van der Waals surface area contributed by atoms with Crippen LogP contribution in [0.1, 0.15) is 32.8 Å². The third-order valence-corrected chi connectivity index (χ3v) is 8.07. The van der Waals surface area contributed by atoms with Crippen molar-refractivity contribution in [2.24, 2.45) is 11.8 Å². The first-order valence-corrected chi connectivity index (χ1v) is 13.2. The van der Waals surface area contributed by atoms with Gasteiger partial charge in [-0.3, -0.25) is 9.78 Å². The lowest BCUT2D eigenvalue weighted by molar-refractivity contribution is -0.122. The van der Waals surface area contributed by atoms with Crippen molar-refractivity contribution in [3.8, 4) is 28.0 Å². The van der Waals surface area contributed by atoms with E-state index in [0.29, 0.717) is 17.4 Å². The van der Waals surface area contributed by atoms with Crippen LogP contribution in [0.3, 0.4) is 0 Å². The van der Waals surface area contributed by atoms with E-state index in [9.17, 15) is 10.1 Å². The number of fused-ring (bicyclic) bond motifs is 3. The molecule has 2 aliphatic heterocycles. The number of piperidine rings is 2. The zero-order valence-corrected chi connectivity index (χ0v) is 21.7. The summed E-state index contributed by atoms with van der Waals surface area (Å²) in [4.78, 5) is 18.6. The number of carbonyl (C=O) groups excluding carboxylic acids is 1. The van der Waals surface area contributed by atoms with Crippen LogP contribution in [0.25, 0.3) is 27.5 Å². The lowest BCUT2D eigenvalue weighted by Crippen LogP contribution is -2.64. The van der Waals surface area contributed by atoms with Crippen molar-refractivity contribution in [2.75, 3.05) is 23.3 Å². The van der Waals surface area contributed by atoms with Crippen molar-refractivity contribution >= 4 is 33.6 Å². The highest BCUT2D eigenvalue weighted by atomic mass is 32.1. The molecular weight excluding hydrogens is 486 g/mol. The van der Waals surface area contributed by atoms with Gasteiger partial charge >= 0.3 is 0 Å². The summed E-state index contributed by atoms with van der Waals surface area (Å²) in [5.41, 5.74) is 4.81. The summed E-state index contributed by atoms with van der Waals surface area (Å²) in [5.74, 6) is 0.969. The Balaban J connectivity index is 1.28. The number of amides is 1. The van der Waals surface area contributed by atoms with Crippen LogP contribution in [-0.4, -0.2) is 55.9 Å². The summed E-state index contributed by atoms with van der Waals surface area (Å²) >= 11 is 1.57. The van der Waals surface area contributed by atoms with Gasteiger partial charge in [0, 0.05) is 44.0 Å². The molecule has 4 aromatic heterocycles. The van der Waals surface area contributed by atoms with Crippen molar-refractivity contribution in [3.63, 3.8) is 0 Å². The van der Waals surface area contributed by atoms with E-state index < -0.39 is 0 Å². The maximum Gasteiger partial charge on any atom is 0.217 e. The van der Waals surface area contributed by atoms with Crippen LogP contribution in [0, 0.1) is 23.2 Å². The molecule has 1 saturated carbocycles. The Morgan fingerprint density at radius 3 is 2.73 bits per heavy atom. The molecule has 0 radical (unpaired) electrons. The number of nitrogens with zero attached hydrogens (tertiary/aromatic N) is 7. The third-order valence-electron chi connectivity index (χ3n) is 7.06. The van der Waals surface area contributed by atoms with Crippen LogP contribution >= 0.6 is 11.3 Å². The van der Waals surface area contributed by atoms with Gasteiger partial charge in [-0.05, 0) is 56.4 Å². The minimum atomic E-state index is 0.0447.